The van der Waals surface area contributed by atoms with Gasteiger partial charge in [-0.05, 0) is 54.4 Å². The number of nitrogens with one attached hydrogen (secondary N) is 1. The van der Waals surface area contributed by atoms with Crippen LogP contribution in [-0.4, -0.2) is 24.5 Å². The third-order valence-corrected chi connectivity index (χ3v) is 5.33. The number of hydrogen-bond acceptors (Lipinski definition) is 5. The monoisotopic (exact) mass is 404 g/mol. The number of fused-ring (bicyclic) bond motifs is 1. The van der Waals surface area contributed by atoms with Crippen molar-refractivity contribution in [2.75, 3.05) is 13.7 Å². The van der Waals surface area contributed by atoms with Gasteiger partial charge in [0.2, 0.25) is 0 Å². The van der Waals surface area contributed by atoms with Crippen molar-refractivity contribution in [2.45, 2.75) is 6.42 Å². The lowest BCUT2D eigenvalue weighted by Crippen LogP contribution is -2.25. The molecule has 0 aliphatic rings. The van der Waals surface area contributed by atoms with Gasteiger partial charge in [0.1, 0.15) is 11.5 Å². The zero-order valence-electron chi connectivity index (χ0n) is 15.9. The van der Waals surface area contributed by atoms with E-state index >= 15 is 0 Å². The fourth-order valence-electron chi connectivity index (χ4n) is 2.89. The van der Waals surface area contributed by atoms with E-state index in [1.54, 1.807) is 13.2 Å². The van der Waals surface area contributed by atoms with Crippen LogP contribution >= 0.6 is 11.3 Å². The Labute approximate surface area is 172 Å². The molecular weight excluding hydrogens is 384 g/mol. The molecule has 5 nitrogen and oxygen atoms in total. The second-order valence-electron chi connectivity index (χ2n) is 6.43. The average molecular weight is 404 g/mol. The number of aromatic nitrogens is 1. The van der Waals surface area contributed by atoms with E-state index in [0.717, 1.165) is 33.7 Å². The number of thiazole rings is 1. The number of carbonyl (C=O) groups is 1. The Morgan fingerprint density at radius 2 is 1.79 bits per heavy atom. The molecule has 0 saturated carbocycles. The van der Waals surface area contributed by atoms with Crippen molar-refractivity contribution in [3.8, 4) is 16.7 Å². The third kappa shape index (κ3) is 4.73. The minimum absolute atomic E-state index is 0.0978. The molecule has 1 N–H and O–H groups in total. The maximum Gasteiger partial charge on any atom is 0.279 e. The zero-order chi connectivity index (χ0) is 20.1. The minimum atomic E-state index is -0.0978. The molecule has 1 aromatic heterocycles. The van der Waals surface area contributed by atoms with Crippen LogP contribution < -0.4 is 14.8 Å². The molecule has 1 amide bonds. The number of carbonyl (C=O) groups excluding carboxylic acids is 1. The molecule has 6 heteroatoms. The lowest BCUT2D eigenvalue weighted by Gasteiger charge is -2.06. The summed E-state index contributed by atoms with van der Waals surface area (Å²) in [4.78, 5) is 17.0. The number of hydrogen-bond donors (Lipinski definition) is 1. The lowest BCUT2D eigenvalue weighted by atomic mass is 10.1. The number of benzene rings is 3. The molecular formula is C23H20N2O3S. The van der Waals surface area contributed by atoms with E-state index in [-0.39, 0.29) is 5.91 Å². The van der Waals surface area contributed by atoms with Crippen molar-refractivity contribution in [1.29, 1.82) is 0 Å². The van der Waals surface area contributed by atoms with Crippen LogP contribution in [0.5, 0.6) is 16.7 Å². The van der Waals surface area contributed by atoms with Crippen molar-refractivity contribution >= 4 is 27.5 Å². The Bertz CT molecular complexity index is 1110. The number of rotatable bonds is 7. The molecule has 4 rings (SSSR count). The fraction of sp³-hybridized carbons (Fsp3) is 0.130. The van der Waals surface area contributed by atoms with Crippen molar-refractivity contribution in [2.24, 2.45) is 0 Å². The predicted octanol–water partition coefficient (Wildman–Crippen LogP) is 5.07. The third-order valence-electron chi connectivity index (χ3n) is 4.44. The summed E-state index contributed by atoms with van der Waals surface area (Å²) in [7, 11) is 1.64. The van der Waals surface area contributed by atoms with Crippen LogP contribution in [0.15, 0.2) is 72.8 Å². The Morgan fingerprint density at radius 3 is 2.55 bits per heavy atom. The van der Waals surface area contributed by atoms with Crippen LogP contribution in [0.4, 0.5) is 0 Å². The summed E-state index contributed by atoms with van der Waals surface area (Å²) in [5, 5.41) is 3.53. The standard InChI is InChI=1S/C23H20N2O3S/c1-27-18-10-7-16(8-11-18)13-14-24-22(26)17-9-12-20-21(15-17)29-23(25-20)28-19-5-3-2-4-6-19/h2-12,15H,13-14H2,1H3,(H,24,26). The van der Waals surface area contributed by atoms with Crippen LogP contribution in [0.1, 0.15) is 15.9 Å². The van der Waals surface area contributed by atoms with Gasteiger partial charge < -0.3 is 14.8 Å². The van der Waals surface area contributed by atoms with E-state index in [0.29, 0.717) is 17.3 Å². The van der Waals surface area contributed by atoms with E-state index in [9.17, 15) is 4.79 Å². The molecule has 0 unspecified atom stereocenters. The summed E-state index contributed by atoms with van der Waals surface area (Å²) in [6.07, 6.45) is 0.758. The highest BCUT2D eigenvalue weighted by atomic mass is 32.1. The SMILES string of the molecule is COc1ccc(CCNC(=O)c2ccc3nc(Oc4ccccc4)sc3c2)cc1. The molecule has 29 heavy (non-hydrogen) atoms. The van der Waals surface area contributed by atoms with Gasteiger partial charge in [-0.1, -0.05) is 41.7 Å². The smallest absolute Gasteiger partial charge is 0.279 e. The van der Waals surface area contributed by atoms with Crippen molar-refractivity contribution < 1.29 is 14.3 Å². The van der Waals surface area contributed by atoms with Gasteiger partial charge >= 0.3 is 0 Å². The van der Waals surface area contributed by atoms with Crippen molar-refractivity contribution in [3.05, 3.63) is 83.9 Å². The van der Waals surface area contributed by atoms with Crippen LogP contribution in [-0.2, 0) is 6.42 Å². The molecule has 0 aliphatic heterocycles. The van der Waals surface area contributed by atoms with Gasteiger partial charge in [0.25, 0.3) is 11.1 Å². The fourth-order valence-corrected chi connectivity index (χ4v) is 3.77. The average Bonchev–Trinajstić information content (AvgIpc) is 3.16. The Hall–Kier alpha value is -3.38. The van der Waals surface area contributed by atoms with Gasteiger partial charge in [0, 0.05) is 12.1 Å². The number of amides is 1. The second-order valence-corrected chi connectivity index (χ2v) is 7.42. The summed E-state index contributed by atoms with van der Waals surface area (Å²) >= 11 is 1.42. The van der Waals surface area contributed by atoms with E-state index in [4.69, 9.17) is 9.47 Å². The zero-order valence-corrected chi connectivity index (χ0v) is 16.7. The highest BCUT2D eigenvalue weighted by Crippen LogP contribution is 2.31. The van der Waals surface area contributed by atoms with Gasteiger partial charge in [-0.3, -0.25) is 4.79 Å². The topological polar surface area (TPSA) is 60.5 Å². The van der Waals surface area contributed by atoms with Gasteiger partial charge in [0.05, 0.1) is 17.3 Å². The molecule has 0 spiro atoms. The first-order valence-electron chi connectivity index (χ1n) is 9.26. The molecule has 0 bridgehead atoms. The van der Waals surface area contributed by atoms with E-state index in [1.165, 1.54) is 11.3 Å². The molecule has 0 saturated heterocycles. The van der Waals surface area contributed by atoms with Crippen LogP contribution in [0.2, 0.25) is 0 Å². The van der Waals surface area contributed by atoms with Gasteiger partial charge in [0.15, 0.2) is 0 Å². The number of nitrogens with zero attached hydrogens (tertiary/aromatic N) is 1. The molecule has 4 aromatic rings. The summed E-state index contributed by atoms with van der Waals surface area (Å²) in [5.41, 5.74) is 2.57. The van der Waals surface area contributed by atoms with E-state index < -0.39 is 0 Å². The lowest BCUT2D eigenvalue weighted by molar-refractivity contribution is 0.0954. The first-order chi connectivity index (χ1) is 14.2. The molecule has 0 atom stereocenters. The summed E-state index contributed by atoms with van der Waals surface area (Å²) < 4.78 is 11.9. The molecule has 0 fully saturated rings. The molecule has 1 heterocycles. The quantitative estimate of drug-likeness (QED) is 0.467. The van der Waals surface area contributed by atoms with Crippen molar-refractivity contribution in [3.63, 3.8) is 0 Å². The van der Waals surface area contributed by atoms with Gasteiger partial charge in [-0.25, -0.2) is 4.98 Å². The van der Waals surface area contributed by atoms with Crippen LogP contribution in [0, 0.1) is 0 Å². The maximum absolute atomic E-state index is 12.5. The van der Waals surface area contributed by atoms with Crippen LogP contribution in [0.3, 0.4) is 0 Å². The number of ether oxygens (including phenoxy) is 2. The van der Waals surface area contributed by atoms with Crippen LogP contribution in [0.25, 0.3) is 10.2 Å². The second kappa shape index (κ2) is 8.75. The highest BCUT2D eigenvalue weighted by molar-refractivity contribution is 7.20. The van der Waals surface area contributed by atoms with Crippen molar-refractivity contribution in [1.82, 2.24) is 10.3 Å². The molecule has 0 aliphatic carbocycles. The summed E-state index contributed by atoms with van der Waals surface area (Å²) in [6, 6.07) is 22.9. The molecule has 3 aromatic carbocycles. The first kappa shape index (κ1) is 19.0. The predicted molar refractivity (Wildman–Crippen MR) is 115 cm³/mol. The Kier molecular flexibility index (Phi) is 5.72. The Morgan fingerprint density at radius 1 is 1.00 bits per heavy atom. The van der Waals surface area contributed by atoms with E-state index in [2.05, 4.69) is 10.3 Å². The summed E-state index contributed by atoms with van der Waals surface area (Å²) in [6.45, 7) is 0.564. The number of methoxy groups -OCH3 is 1. The van der Waals surface area contributed by atoms with E-state index in [1.807, 2.05) is 66.7 Å². The Balaban J connectivity index is 1.38. The molecule has 0 radical (unpaired) electrons. The van der Waals surface area contributed by atoms with Gasteiger partial charge in [-0.2, -0.15) is 0 Å². The maximum atomic E-state index is 12.5. The highest BCUT2D eigenvalue weighted by Gasteiger charge is 2.10. The first-order valence-corrected chi connectivity index (χ1v) is 10.1. The van der Waals surface area contributed by atoms with Gasteiger partial charge in [-0.15, -0.1) is 0 Å². The number of para-hydroxylation sites is 1. The normalized spacial score (nSPS) is 10.7. The largest absolute Gasteiger partial charge is 0.497 e. The molecule has 146 valence electrons. The summed E-state index contributed by atoms with van der Waals surface area (Å²) in [5.74, 6) is 1.47. The minimum Gasteiger partial charge on any atom is -0.497 e.